The van der Waals surface area contributed by atoms with Crippen LogP contribution >= 0.6 is 0 Å². The van der Waals surface area contributed by atoms with Gasteiger partial charge in [0.2, 0.25) is 0 Å². The molecule has 53 heavy (non-hydrogen) atoms. The summed E-state index contributed by atoms with van der Waals surface area (Å²) in [5, 5.41) is 0. The molecule has 10 heteroatoms. The molecule has 5 rings (SSSR count). The number of nitrogens with zero attached hydrogens (tertiary/aromatic N) is 2. The summed E-state index contributed by atoms with van der Waals surface area (Å²) in [6.07, 6.45) is 16.5. The number of unbranched alkanes of at least 4 members (excludes halogenated alkanes) is 7. The normalized spacial score (nSPS) is 12.6. The Balaban J connectivity index is 1.67. The third-order valence-electron chi connectivity index (χ3n) is 9.82. The van der Waals surface area contributed by atoms with Crippen LogP contribution in [0.1, 0.15) is 111 Å². The van der Waals surface area contributed by atoms with Gasteiger partial charge >= 0.3 is 5.97 Å². The Kier molecular flexibility index (Phi) is 15.9. The van der Waals surface area contributed by atoms with E-state index in [2.05, 4.69) is 53.3 Å². The van der Waals surface area contributed by atoms with Gasteiger partial charge in [-0.15, -0.1) is 0 Å². The molecule has 3 aromatic heterocycles. The Morgan fingerprint density at radius 2 is 1.15 bits per heavy atom. The number of H-pyrrole nitrogens is 2. The van der Waals surface area contributed by atoms with Crippen LogP contribution in [0.2, 0.25) is 0 Å². The largest absolute Gasteiger partial charge is 0.424 e. The van der Waals surface area contributed by atoms with Gasteiger partial charge in [-0.25, -0.2) is 9.97 Å². The minimum Gasteiger partial charge on any atom is -0.424 e. The zero-order valence-corrected chi connectivity index (χ0v) is 32.4. The van der Waals surface area contributed by atoms with Crippen molar-refractivity contribution >= 4 is 51.3 Å². The van der Waals surface area contributed by atoms with Crippen LogP contribution in [0.15, 0.2) is 30.3 Å². The molecule has 0 saturated heterocycles. The third kappa shape index (κ3) is 11.2. The lowest BCUT2D eigenvalue weighted by molar-refractivity contribution is -0.134. The molecule has 0 saturated carbocycles. The van der Waals surface area contributed by atoms with Crippen LogP contribution in [0, 0.1) is 0 Å². The molecule has 5 heterocycles. The fraction of sp³-hybridized carbons (Fsp3) is 0.512. The number of aromatic nitrogens is 4. The first-order valence-electron chi connectivity index (χ1n) is 19.3. The molecule has 10 nitrogen and oxygen atoms in total. The monoisotopic (exact) mass is 726 g/mol. The van der Waals surface area contributed by atoms with Crippen molar-refractivity contribution < 1.29 is 28.5 Å². The maximum absolute atomic E-state index is 13.6. The van der Waals surface area contributed by atoms with Crippen molar-refractivity contribution in [2.45, 2.75) is 90.4 Å². The van der Waals surface area contributed by atoms with E-state index in [1.807, 2.05) is 6.07 Å². The molecule has 8 bridgehead atoms. The molecule has 0 atom stereocenters. The van der Waals surface area contributed by atoms with Gasteiger partial charge in [-0.05, 0) is 90.8 Å². The van der Waals surface area contributed by atoms with E-state index >= 15 is 0 Å². The third-order valence-corrected chi connectivity index (χ3v) is 9.82. The van der Waals surface area contributed by atoms with Crippen molar-refractivity contribution in [2.24, 2.45) is 0 Å². The van der Waals surface area contributed by atoms with Crippen molar-refractivity contribution in [3.05, 3.63) is 64.2 Å². The Morgan fingerprint density at radius 3 is 1.81 bits per heavy atom. The van der Waals surface area contributed by atoms with Crippen LogP contribution in [0.3, 0.4) is 0 Å². The average molecular weight is 727 g/mol. The number of aromatic amines is 2. The van der Waals surface area contributed by atoms with Gasteiger partial charge in [0.1, 0.15) is 5.69 Å². The molecule has 0 fully saturated rings. The summed E-state index contributed by atoms with van der Waals surface area (Å²) >= 11 is 0. The lowest BCUT2D eigenvalue weighted by atomic mass is 10.1. The lowest BCUT2D eigenvalue weighted by Gasteiger charge is -2.09. The van der Waals surface area contributed by atoms with Crippen molar-refractivity contribution in [2.75, 3.05) is 54.9 Å². The van der Waals surface area contributed by atoms with Crippen LogP contribution in [-0.2, 0) is 36.6 Å². The summed E-state index contributed by atoms with van der Waals surface area (Å²) < 4.78 is 28.2. The molecule has 3 aromatic rings. The summed E-state index contributed by atoms with van der Waals surface area (Å²) in [5.41, 5.74) is 10.8. The number of hydrogen-bond acceptors (Lipinski definition) is 8. The molecule has 0 spiro atoms. The van der Waals surface area contributed by atoms with Gasteiger partial charge in [0, 0.05) is 52.0 Å². The minimum absolute atomic E-state index is 0.261. The van der Waals surface area contributed by atoms with E-state index in [9.17, 15) is 4.79 Å². The van der Waals surface area contributed by atoms with E-state index in [0.717, 1.165) is 93.5 Å². The second-order valence-electron chi connectivity index (χ2n) is 13.8. The molecule has 2 aliphatic rings. The van der Waals surface area contributed by atoms with Gasteiger partial charge in [0.15, 0.2) is 5.75 Å². The number of carbonyl (C=O) groups excluding carboxylic acids is 1. The Labute approximate surface area is 314 Å². The molecule has 0 amide bonds. The van der Waals surface area contributed by atoms with Crippen molar-refractivity contribution in [3.8, 4) is 5.75 Å². The highest BCUT2D eigenvalue weighted by Gasteiger charge is 2.21. The number of methoxy groups -OCH3 is 4. The SMILES string of the molecule is CCCCCCCCCCC(=O)Oc1cc2[nH]c(cc2CCOC)c2nc(ccc3[nH]c(cc3CCOC)c3nc1C(CCOC)=C3)C(CCOC)=C2. The topological polar surface area (TPSA) is 121 Å². The second kappa shape index (κ2) is 21.0. The first kappa shape index (κ1) is 40.1. The Bertz CT molecular complexity index is 1890. The number of nitrogens with one attached hydrogen (secondary N) is 2. The average Bonchev–Trinajstić information content (AvgIpc) is 3.96. The first-order chi connectivity index (χ1) is 26.0. The number of rotatable bonds is 22. The number of ether oxygens (including phenoxy) is 5. The molecule has 0 unspecified atom stereocenters. The molecular formula is C43H58N4O6. The van der Waals surface area contributed by atoms with E-state index in [-0.39, 0.29) is 5.97 Å². The quantitative estimate of drug-likeness (QED) is 0.0777. The van der Waals surface area contributed by atoms with E-state index in [0.29, 0.717) is 57.1 Å². The fourth-order valence-corrected chi connectivity index (χ4v) is 6.81. The van der Waals surface area contributed by atoms with Crippen LogP contribution in [0.25, 0.3) is 45.4 Å². The van der Waals surface area contributed by atoms with Crippen LogP contribution in [-0.4, -0.2) is 80.8 Å². The highest BCUT2D eigenvalue weighted by Crippen LogP contribution is 2.35. The van der Waals surface area contributed by atoms with Crippen LogP contribution < -0.4 is 4.74 Å². The Hall–Kier alpha value is -4.09. The van der Waals surface area contributed by atoms with Gasteiger partial charge in [0.25, 0.3) is 0 Å². The predicted molar refractivity (Wildman–Crippen MR) is 214 cm³/mol. The number of carbonyl (C=O) groups is 1. The summed E-state index contributed by atoms with van der Waals surface area (Å²) in [4.78, 5) is 31.1. The molecule has 286 valence electrons. The molecule has 2 aliphatic heterocycles. The summed E-state index contributed by atoms with van der Waals surface area (Å²) in [6.45, 7) is 4.43. The molecular weight excluding hydrogens is 668 g/mol. The standard InChI is InChI=1S/C43H58N4O6/c1-6-7-8-9-10-11-12-13-14-42(48)53-41-29-36-32(19-23-51-4)27-38(46-36)37-25-30(17-21-49-2)34(44-37)15-16-35-31(18-22-50-3)26-39(45-35)40-28-33(20-24-52-5)43(41)47-40/h15-16,25-29,45-46H,6-14,17-24H2,1-5H3. The highest BCUT2D eigenvalue weighted by atomic mass is 16.5. The predicted octanol–water partition coefficient (Wildman–Crippen LogP) is 9.28. The van der Waals surface area contributed by atoms with Crippen molar-refractivity contribution in [1.82, 2.24) is 19.9 Å². The van der Waals surface area contributed by atoms with Gasteiger partial charge in [-0.1, -0.05) is 51.9 Å². The second-order valence-corrected chi connectivity index (χ2v) is 13.8. The maximum Gasteiger partial charge on any atom is 0.311 e. The first-order valence-corrected chi connectivity index (χ1v) is 19.3. The molecule has 0 aromatic carbocycles. The van der Waals surface area contributed by atoms with Crippen molar-refractivity contribution in [1.29, 1.82) is 0 Å². The van der Waals surface area contributed by atoms with Gasteiger partial charge in [-0.2, -0.15) is 0 Å². The molecule has 2 N–H and O–H groups in total. The minimum atomic E-state index is -0.261. The van der Waals surface area contributed by atoms with Gasteiger partial charge in [0.05, 0.1) is 54.5 Å². The van der Waals surface area contributed by atoms with E-state index < -0.39 is 0 Å². The van der Waals surface area contributed by atoms with Gasteiger partial charge in [-0.3, -0.25) is 4.79 Å². The van der Waals surface area contributed by atoms with E-state index in [1.165, 1.54) is 32.1 Å². The lowest BCUT2D eigenvalue weighted by Crippen LogP contribution is -2.09. The Morgan fingerprint density at radius 1 is 0.604 bits per heavy atom. The summed E-state index contributed by atoms with van der Waals surface area (Å²) in [5.74, 6) is 0.151. The smallest absolute Gasteiger partial charge is 0.311 e. The van der Waals surface area contributed by atoms with Gasteiger partial charge < -0.3 is 33.7 Å². The zero-order valence-electron chi connectivity index (χ0n) is 32.4. The highest BCUT2D eigenvalue weighted by molar-refractivity contribution is 5.92. The molecule has 0 radical (unpaired) electrons. The van der Waals surface area contributed by atoms with Crippen LogP contribution in [0.5, 0.6) is 5.75 Å². The van der Waals surface area contributed by atoms with E-state index in [1.54, 1.807) is 28.4 Å². The number of fused-ring (bicyclic) bond motifs is 10. The summed E-state index contributed by atoms with van der Waals surface area (Å²) in [7, 11) is 6.82. The van der Waals surface area contributed by atoms with Crippen molar-refractivity contribution in [3.63, 3.8) is 0 Å². The number of hydrogen-bond donors (Lipinski definition) is 2. The van der Waals surface area contributed by atoms with Crippen LogP contribution in [0.4, 0.5) is 0 Å². The zero-order chi connectivity index (χ0) is 37.4. The molecule has 0 aliphatic carbocycles. The fourth-order valence-electron chi connectivity index (χ4n) is 6.81. The number of esters is 1. The van der Waals surface area contributed by atoms with E-state index in [4.69, 9.17) is 33.7 Å². The summed E-state index contributed by atoms with van der Waals surface area (Å²) in [6, 6.07) is 10.3. The maximum atomic E-state index is 13.6.